The lowest BCUT2D eigenvalue weighted by molar-refractivity contribution is -0.132. The number of amides is 1. The number of hydrogen-bond acceptors (Lipinski definition) is 1. The van der Waals surface area contributed by atoms with Crippen LogP contribution in [0, 0.1) is 0 Å². The highest BCUT2D eigenvalue weighted by atomic mass is 16.2. The molecule has 21 heavy (non-hydrogen) atoms. The Bertz CT molecular complexity index is 620. The number of carbonyl (C=O) groups excluding carboxylic acids is 1. The van der Waals surface area contributed by atoms with Crippen LogP contribution >= 0.6 is 0 Å². The summed E-state index contributed by atoms with van der Waals surface area (Å²) in [6.07, 6.45) is 1.56. The van der Waals surface area contributed by atoms with Gasteiger partial charge in [0.05, 0.1) is 0 Å². The van der Waals surface area contributed by atoms with Gasteiger partial charge < -0.3 is 4.90 Å². The average Bonchev–Trinajstić information content (AvgIpc) is 2.55. The topological polar surface area (TPSA) is 20.3 Å². The molecule has 0 N–H and O–H groups in total. The van der Waals surface area contributed by atoms with Crippen molar-refractivity contribution >= 4 is 5.91 Å². The summed E-state index contributed by atoms with van der Waals surface area (Å²) in [6, 6.07) is 18.7. The molecule has 108 valence electrons. The molecule has 0 fully saturated rings. The van der Waals surface area contributed by atoms with Crippen LogP contribution in [0.2, 0.25) is 0 Å². The molecule has 2 heteroatoms. The molecule has 0 radical (unpaired) electrons. The Labute approximate surface area is 126 Å². The molecular formula is C19H21NO. The first kappa shape index (κ1) is 13.9. The summed E-state index contributed by atoms with van der Waals surface area (Å²) in [5.41, 5.74) is 3.92. The second-order valence-electron chi connectivity index (χ2n) is 5.85. The van der Waals surface area contributed by atoms with Crippen LogP contribution in [0.1, 0.15) is 36.0 Å². The highest BCUT2D eigenvalue weighted by Gasteiger charge is 2.22. The minimum absolute atomic E-state index is 0.265. The molecule has 0 unspecified atom stereocenters. The molecule has 0 aliphatic carbocycles. The second-order valence-corrected chi connectivity index (χ2v) is 5.85. The van der Waals surface area contributed by atoms with Crippen molar-refractivity contribution in [3.8, 4) is 0 Å². The largest absolute Gasteiger partial charge is 0.338 e. The number of carbonyl (C=O) groups is 1. The van der Waals surface area contributed by atoms with Crippen LogP contribution in [0.3, 0.4) is 0 Å². The predicted molar refractivity (Wildman–Crippen MR) is 85.0 cm³/mol. The zero-order chi connectivity index (χ0) is 14.7. The first-order chi connectivity index (χ1) is 10.2. The van der Waals surface area contributed by atoms with Gasteiger partial charge in [0.25, 0.3) is 0 Å². The Morgan fingerprint density at radius 2 is 1.71 bits per heavy atom. The van der Waals surface area contributed by atoms with Gasteiger partial charge >= 0.3 is 0 Å². The van der Waals surface area contributed by atoms with Gasteiger partial charge in [-0.3, -0.25) is 4.79 Å². The Hall–Kier alpha value is -2.09. The van der Waals surface area contributed by atoms with E-state index >= 15 is 0 Å². The van der Waals surface area contributed by atoms with Crippen molar-refractivity contribution in [1.29, 1.82) is 0 Å². The quantitative estimate of drug-likeness (QED) is 0.837. The first-order valence-corrected chi connectivity index (χ1v) is 7.63. The Morgan fingerprint density at radius 3 is 2.48 bits per heavy atom. The molecule has 0 aromatic heterocycles. The van der Waals surface area contributed by atoms with Crippen LogP contribution in [0.15, 0.2) is 54.6 Å². The summed E-state index contributed by atoms with van der Waals surface area (Å²) in [6.45, 7) is 3.74. The summed E-state index contributed by atoms with van der Waals surface area (Å²) < 4.78 is 0. The Kier molecular flexibility index (Phi) is 4.05. The van der Waals surface area contributed by atoms with Crippen LogP contribution in [-0.2, 0) is 17.8 Å². The SMILES string of the molecule is C[C@H](CC(=O)N1CCc2ccccc2C1)c1ccccc1. The lowest BCUT2D eigenvalue weighted by atomic mass is 9.95. The predicted octanol–water partition coefficient (Wildman–Crippen LogP) is 3.77. The lowest BCUT2D eigenvalue weighted by Gasteiger charge is -2.29. The smallest absolute Gasteiger partial charge is 0.223 e. The van der Waals surface area contributed by atoms with Crippen molar-refractivity contribution in [2.45, 2.75) is 32.2 Å². The zero-order valence-electron chi connectivity index (χ0n) is 12.5. The molecule has 0 bridgehead atoms. The van der Waals surface area contributed by atoms with Gasteiger partial charge in [0.15, 0.2) is 0 Å². The number of benzene rings is 2. The zero-order valence-corrected chi connectivity index (χ0v) is 12.5. The minimum atomic E-state index is 0.265. The van der Waals surface area contributed by atoms with E-state index < -0.39 is 0 Å². The molecule has 2 aromatic rings. The van der Waals surface area contributed by atoms with Crippen molar-refractivity contribution in [1.82, 2.24) is 4.90 Å². The Morgan fingerprint density at radius 1 is 1.05 bits per heavy atom. The Balaban J connectivity index is 1.65. The van der Waals surface area contributed by atoms with E-state index in [0.717, 1.165) is 19.5 Å². The lowest BCUT2D eigenvalue weighted by Crippen LogP contribution is -2.36. The van der Waals surface area contributed by atoms with E-state index in [4.69, 9.17) is 0 Å². The summed E-state index contributed by atoms with van der Waals surface area (Å²) >= 11 is 0. The third kappa shape index (κ3) is 3.15. The van der Waals surface area contributed by atoms with Crippen LogP contribution < -0.4 is 0 Å². The molecular weight excluding hydrogens is 258 g/mol. The molecule has 0 spiro atoms. The van der Waals surface area contributed by atoms with E-state index in [1.165, 1.54) is 16.7 Å². The third-order valence-corrected chi connectivity index (χ3v) is 4.33. The molecule has 2 nitrogen and oxygen atoms in total. The van der Waals surface area contributed by atoms with Crippen LogP contribution in [0.25, 0.3) is 0 Å². The maximum Gasteiger partial charge on any atom is 0.223 e. The highest BCUT2D eigenvalue weighted by molar-refractivity contribution is 5.77. The van der Waals surface area contributed by atoms with Crippen molar-refractivity contribution in [3.63, 3.8) is 0 Å². The monoisotopic (exact) mass is 279 g/mol. The molecule has 1 aliphatic heterocycles. The van der Waals surface area contributed by atoms with Crippen molar-refractivity contribution < 1.29 is 4.79 Å². The summed E-state index contributed by atoms with van der Waals surface area (Å²) in [4.78, 5) is 14.5. The van der Waals surface area contributed by atoms with Gasteiger partial charge in [-0.2, -0.15) is 0 Å². The van der Waals surface area contributed by atoms with Gasteiger partial charge in [-0.25, -0.2) is 0 Å². The minimum Gasteiger partial charge on any atom is -0.338 e. The third-order valence-electron chi connectivity index (χ3n) is 4.33. The van der Waals surface area contributed by atoms with Gasteiger partial charge in [-0.05, 0) is 29.0 Å². The summed E-state index contributed by atoms with van der Waals surface area (Å²) in [7, 11) is 0. The molecule has 1 aliphatic rings. The fourth-order valence-corrected chi connectivity index (χ4v) is 3.00. The molecule has 1 amide bonds. The van der Waals surface area contributed by atoms with E-state index in [-0.39, 0.29) is 11.8 Å². The molecule has 3 rings (SSSR count). The maximum atomic E-state index is 12.5. The molecule has 1 heterocycles. The van der Waals surface area contributed by atoms with E-state index in [2.05, 4.69) is 43.3 Å². The maximum absolute atomic E-state index is 12.5. The van der Waals surface area contributed by atoms with Crippen molar-refractivity contribution in [2.24, 2.45) is 0 Å². The summed E-state index contributed by atoms with van der Waals surface area (Å²) in [5.74, 6) is 0.539. The molecule has 0 saturated carbocycles. The fraction of sp³-hybridized carbons (Fsp3) is 0.316. The van der Waals surface area contributed by atoms with Gasteiger partial charge in [-0.1, -0.05) is 61.5 Å². The van der Waals surface area contributed by atoms with Crippen LogP contribution in [0.4, 0.5) is 0 Å². The van der Waals surface area contributed by atoms with Crippen molar-refractivity contribution in [3.05, 3.63) is 71.3 Å². The standard InChI is InChI=1S/C19H21NO/c1-15(16-7-3-2-4-8-16)13-19(21)20-12-11-17-9-5-6-10-18(17)14-20/h2-10,15H,11-14H2,1H3/t15-/m1/s1. The van der Waals surface area contributed by atoms with Crippen molar-refractivity contribution in [2.75, 3.05) is 6.54 Å². The highest BCUT2D eigenvalue weighted by Crippen LogP contribution is 2.23. The van der Waals surface area contributed by atoms with E-state index in [0.29, 0.717) is 6.42 Å². The average molecular weight is 279 g/mol. The normalized spacial score (nSPS) is 15.4. The van der Waals surface area contributed by atoms with Crippen LogP contribution in [-0.4, -0.2) is 17.4 Å². The summed E-state index contributed by atoms with van der Waals surface area (Å²) in [5, 5.41) is 0. The van der Waals surface area contributed by atoms with Gasteiger partial charge in [0.2, 0.25) is 5.91 Å². The number of rotatable bonds is 3. The van der Waals surface area contributed by atoms with E-state index in [1.807, 2.05) is 23.1 Å². The molecule has 2 aromatic carbocycles. The van der Waals surface area contributed by atoms with E-state index in [1.54, 1.807) is 0 Å². The molecule has 1 atom stereocenters. The number of fused-ring (bicyclic) bond motifs is 1. The van der Waals surface area contributed by atoms with E-state index in [9.17, 15) is 4.79 Å². The second kappa shape index (κ2) is 6.13. The number of nitrogens with zero attached hydrogens (tertiary/aromatic N) is 1. The first-order valence-electron chi connectivity index (χ1n) is 7.63. The van der Waals surface area contributed by atoms with Crippen LogP contribution in [0.5, 0.6) is 0 Å². The fourth-order valence-electron chi connectivity index (χ4n) is 3.00. The molecule has 0 saturated heterocycles. The number of hydrogen-bond donors (Lipinski definition) is 0. The van der Waals surface area contributed by atoms with Gasteiger partial charge in [0.1, 0.15) is 0 Å². The van der Waals surface area contributed by atoms with Gasteiger partial charge in [0, 0.05) is 19.5 Å². The van der Waals surface area contributed by atoms with Gasteiger partial charge in [-0.15, -0.1) is 0 Å².